The Morgan fingerprint density at radius 3 is 2.95 bits per heavy atom. The van der Waals surface area contributed by atoms with Gasteiger partial charge in [-0.25, -0.2) is 0 Å². The maximum atomic E-state index is 11.8. The third kappa shape index (κ3) is 5.51. The molecule has 0 saturated carbocycles. The minimum absolute atomic E-state index is 0.0142. The average molecular weight is 324 g/mol. The number of hydrogen-bond acceptors (Lipinski definition) is 5. The monoisotopic (exact) mass is 324 g/mol. The molecule has 2 rings (SSSR count). The van der Waals surface area contributed by atoms with Crippen LogP contribution in [0.2, 0.25) is 0 Å². The summed E-state index contributed by atoms with van der Waals surface area (Å²) in [4.78, 5) is 13.2. The number of thiophene rings is 1. The fourth-order valence-electron chi connectivity index (χ4n) is 1.78. The van der Waals surface area contributed by atoms with Crippen LogP contribution < -0.4 is 5.32 Å². The van der Waals surface area contributed by atoms with Crippen molar-refractivity contribution in [2.24, 2.45) is 0 Å². The standard InChI is InChI=1S/C14H20N4OS2/c1-14(2,3)16-12(19)9-21-13-17-15-10-18(13)7-6-11-5-4-8-20-11/h4-5,8,10H,6-7,9H2,1-3H3,(H,16,19). The van der Waals surface area contributed by atoms with E-state index in [0.717, 1.165) is 18.1 Å². The van der Waals surface area contributed by atoms with Gasteiger partial charge >= 0.3 is 0 Å². The molecule has 0 radical (unpaired) electrons. The summed E-state index contributed by atoms with van der Waals surface area (Å²) in [5.74, 6) is 0.370. The lowest BCUT2D eigenvalue weighted by atomic mass is 10.1. The van der Waals surface area contributed by atoms with Gasteiger partial charge in [-0.15, -0.1) is 21.5 Å². The molecule has 2 aromatic heterocycles. The number of carbonyl (C=O) groups excluding carboxylic acids is 1. The third-order valence-corrected chi connectivity index (χ3v) is 4.52. The van der Waals surface area contributed by atoms with E-state index in [4.69, 9.17) is 0 Å². The number of thioether (sulfide) groups is 1. The number of nitrogens with one attached hydrogen (secondary N) is 1. The Kier molecular flexibility index (Phi) is 5.41. The highest BCUT2D eigenvalue weighted by atomic mass is 32.2. The Bertz CT molecular complexity index is 572. The molecule has 0 spiro atoms. The number of rotatable bonds is 6. The molecule has 0 aliphatic heterocycles. The summed E-state index contributed by atoms with van der Waals surface area (Å²) in [6, 6.07) is 4.18. The van der Waals surface area contributed by atoms with Gasteiger partial charge in [-0.05, 0) is 38.6 Å². The van der Waals surface area contributed by atoms with Crippen molar-refractivity contribution >= 4 is 29.0 Å². The minimum atomic E-state index is -0.204. The van der Waals surface area contributed by atoms with Gasteiger partial charge in [0, 0.05) is 17.0 Å². The topological polar surface area (TPSA) is 59.8 Å². The number of amides is 1. The maximum Gasteiger partial charge on any atom is 0.230 e. The average Bonchev–Trinajstić information content (AvgIpc) is 3.03. The first kappa shape index (κ1) is 16.0. The molecular formula is C14H20N4OS2. The molecule has 0 saturated heterocycles. The molecule has 1 N–H and O–H groups in total. The molecule has 0 fully saturated rings. The highest BCUT2D eigenvalue weighted by Crippen LogP contribution is 2.17. The van der Waals surface area contributed by atoms with E-state index in [1.807, 2.05) is 25.3 Å². The lowest BCUT2D eigenvalue weighted by molar-refractivity contribution is -0.119. The summed E-state index contributed by atoms with van der Waals surface area (Å²) >= 11 is 3.17. The zero-order valence-electron chi connectivity index (χ0n) is 12.5. The maximum absolute atomic E-state index is 11.8. The van der Waals surface area contributed by atoms with Crippen molar-refractivity contribution in [3.8, 4) is 0 Å². The van der Waals surface area contributed by atoms with E-state index in [-0.39, 0.29) is 11.4 Å². The Labute approximate surface area is 133 Å². The predicted octanol–water partition coefficient (Wildman–Crippen LogP) is 2.59. The van der Waals surface area contributed by atoms with Gasteiger partial charge in [-0.3, -0.25) is 4.79 Å². The Hall–Kier alpha value is -1.34. The zero-order valence-corrected chi connectivity index (χ0v) is 14.1. The largest absolute Gasteiger partial charge is 0.351 e. The summed E-state index contributed by atoms with van der Waals surface area (Å²) in [6.07, 6.45) is 2.68. The van der Waals surface area contributed by atoms with Crippen LogP contribution in [0, 0.1) is 0 Å². The molecule has 0 aliphatic rings. The van der Waals surface area contributed by atoms with E-state index < -0.39 is 0 Å². The predicted molar refractivity (Wildman–Crippen MR) is 86.7 cm³/mol. The van der Waals surface area contributed by atoms with Gasteiger partial charge in [0.2, 0.25) is 5.91 Å². The van der Waals surface area contributed by atoms with Crippen LogP contribution in [0.3, 0.4) is 0 Å². The molecule has 0 bridgehead atoms. The smallest absolute Gasteiger partial charge is 0.230 e. The van der Waals surface area contributed by atoms with Gasteiger partial charge in [0.05, 0.1) is 5.75 Å². The highest BCUT2D eigenvalue weighted by Gasteiger charge is 2.15. The number of hydrogen-bond donors (Lipinski definition) is 1. The van der Waals surface area contributed by atoms with Crippen LogP contribution in [-0.4, -0.2) is 32.0 Å². The first-order valence-corrected chi connectivity index (χ1v) is 8.64. The molecule has 0 atom stereocenters. The zero-order chi connectivity index (χ0) is 15.3. The molecule has 114 valence electrons. The van der Waals surface area contributed by atoms with E-state index in [9.17, 15) is 4.79 Å². The second kappa shape index (κ2) is 7.09. The fraction of sp³-hybridized carbons (Fsp3) is 0.500. The molecule has 7 heteroatoms. The number of carbonyl (C=O) groups is 1. The summed E-state index contributed by atoms with van der Waals surface area (Å²) in [5.41, 5.74) is -0.204. The van der Waals surface area contributed by atoms with Gasteiger partial charge in [-0.2, -0.15) is 0 Å². The van der Waals surface area contributed by atoms with Crippen molar-refractivity contribution in [2.75, 3.05) is 5.75 Å². The lowest BCUT2D eigenvalue weighted by Gasteiger charge is -2.20. The van der Waals surface area contributed by atoms with E-state index in [0.29, 0.717) is 5.75 Å². The van der Waals surface area contributed by atoms with Crippen LogP contribution in [0.5, 0.6) is 0 Å². The summed E-state index contributed by atoms with van der Waals surface area (Å²) < 4.78 is 1.99. The molecule has 0 aromatic carbocycles. The minimum Gasteiger partial charge on any atom is -0.351 e. The van der Waals surface area contributed by atoms with Crippen LogP contribution >= 0.6 is 23.1 Å². The van der Waals surface area contributed by atoms with Crippen molar-refractivity contribution in [3.63, 3.8) is 0 Å². The molecule has 5 nitrogen and oxygen atoms in total. The number of aromatic nitrogens is 3. The quantitative estimate of drug-likeness (QED) is 0.830. The molecule has 0 aliphatic carbocycles. The van der Waals surface area contributed by atoms with E-state index in [1.165, 1.54) is 16.6 Å². The first-order chi connectivity index (χ1) is 9.94. The normalized spacial score (nSPS) is 11.6. The van der Waals surface area contributed by atoms with Crippen LogP contribution in [-0.2, 0) is 17.8 Å². The lowest BCUT2D eigenvalue weighted by Crippen LogP contribution is -2.41. The van der Waals surface area contributed by atoms with Crippen molar-refractivity contribution in [1.82, 2.24) is 20.1 Å². The van der Waals surface area contributed by atoms with Gasteiger partial charge in [0.1, 0.15) is 6.33 Å². The van der Waals surface area contributed by atoms with E-state index >= 15 is 0 Å². The summed E-state index contributed by atoms with van der Waals surface area (Å²) in [5, 5.41) is 13.8. The first-order valence-electron chi connectivity index (χ1n) is 6.78. The Balaban J connectivity index is 1.84. The molecule has 21 heavy (non-hydrogen) atoms. The molecule has 2 aromatic rings. The van der Waals surface area contributed by atoms with E-state index in [2.05, 4.69) is 33.0 Å². The molecule has 1 amide bonds. The number of nitrogens with zero attached hydrogens (tertiary/aromatic N) is 3. The van der Waals surface area contributed by atoms with Gasteiger partial charge < -0.3 is 9.88 Å². The summed E-state index contributed by atoms with van der Waals surface area (Å²) in [6.45, 7) is 6.74. The van der Waals surface area contributed by atoms with Crippen molar-refractivity contribution < 1.29 is 4.79 Å². The van der Waals surface area contributed by atoms with Crippen molar-refractivity contribution in [2.45, 2.75) is 44.4 Å². The van der Waals surface area contributed by atoms with Crippen LogP contribution in [0.4, 0.5) is 0 Å². The van der Waals surface area contributed by atoms with Crippen molar-refractivity contribution in [1.29, 1.82) is 0 Å². The second-order valence-corrected chi connectivity index (χ2v) is 7.70. The molecule has 2 heterocycles. The SMILES string of the molecule is CC(C)(C)NC(=O)CSc1nncn1CCc1cccs1. The van der Waals surface area contributed by atoms with Gasteiger partial charge in [-0.1, -0.05) is 17.8 Å². The van der Waals surface area contributed by atoms with Gasteiger partial charge in [0.15, 0.2) is 5.16 Å². The molecular weight excluding hydrogens is 304 g/mol. The second-order valence-electron chi connectivity index (χ2n) is 5.72. The Morgan fingerprint density at radius 1 is 1.48 bits per heavy atom. The third-order valence-electron chi connectivity index (χ3n) is 2.61. The number of aryl methyl sites for hydroxylation is 2. The van der Waals surface area contributed by atoms with Crippen molar-refractivity contribution in [3.05, 3.63) is 28.7 Å². The highest BCUT2D eigenvalue weighted by molar-refractivity contribution is 7.99. The van der Waals surface area contributed by atoms with Crippen LogP contribution in [0.1, 0.15) is 25.6 Å². The van der Waals surface area contributed by atoms with Crippen LogP contribution in [0.15, 0.2) is 29.0 Å². The van der Waals surface area contributed by atoms with Gasteiger partial charge in [0.25, 0.3) is 0 Å². The Morgan fingerprint density at radius 2 is 2.29 bits per heavy atom. The summed E-state index contributed by atoms with van der Waals surface area (Å²) in [7, 11) is 0. The fourth-order valence-corrected chi connectivity index (χ4v) is 3.22. The molecule has 0 unspecified atom stereocenters. The van der Waals surface area contributed by atoms with E-state index in [1.54, 1.807) is 17.7 Å². The van der Waals surface area contributed by atoms with Crippen LogP contribution in [0.25, 0.3) is 0 Å².